The number of hydrogen-bond donors (Lipinski definition) is 2. The second-order valence-electron chi connectivity index (χ2n) is 6.21. The van der Waals surface area contributed by atoms with Crippen LogP contribution in [0.1, 0.15) is 23.6 Å². The molecule has 2 amide bonds. The zero-order chi connectivity index (χ0) is 19.2. The Hall–Kier alpha value is -2.41. The van der Waals surface area contributed by atoms with Gasteiger partial charge in [-0.25, -0.2) is 4.79 Å². The van der Waals surface area contributed by atoms with Crippen LogP contribution >= 0.6 is 15.9 Å². The van der Waals surface area contributed by atoms with E-state index in [1.807, 2.05) is 36.4 Å². The number of urea groups is 1. The molecule has 0 radical (unpaired) electrons. The molecule has 0 fully saturated rings. The summed E-state index contributed by atoms with van der Waals surface area (Å²) in [5.74, 6) is 2.19. The van der Waals surface area contributed by atoms with Crippen molar-refractivity contribution in [3.63, 3.8) is 0 Å². The Morgan fingerprint density at radius 1 is 1.19 bits per heavy atom. The molecule has 2 N–H and O–H groups in total. The number of fused-ring (bicyclic) bond motifs is 1. The van der Waals surface area contributed by atoms with Gasteiger partial charge in [-0.3, -0.25) is 0 Å². The number of methoxy groups -OCH3 is 2. The number of amides is 2. The highest BCUT2D eigenvalue weighted by Crippen LogP contribution is 2.34. The van der Waals surface area contributed by atoms with Crippen molar-refractivity contribution in [2.24, 2.45) is 0 Å². The smallest absolute Gasteiger partial charge is 0.315 e. The molecule has 7 heteroatoms. The van der Waals surface area contributed by atoms with Crippen molar-refractivity contribution in [1.29, 1.82) is 0 Å². The van der Waals surface area contributed by atoms with Crippen LogP contribution in [0.15, 0.2) is 40.9 Å². The maximum Gasteiger partial charge on any atom is 0.315 e. The Morgan fingerprint density at radius 3 is 2.78 bits per heavy atom. The van der Waals surface area contributed by atoms with Gasteiger partial charge in [-0.05, 0) is 42.3 Å². The molecule has 2 aromatic carbocycles. The Bertz CT molecular complexity index is 813. The van der Waals surface area contributed by atoms with Gasteiger partial charge in [-0.2, -0.15) is 0 Å². The average Bonchev–Trinajstić information content (AvgIpc) is 2.68. The first kappa shape index (κ1) is 19.4. The summed E-state index contributed by atoms with van der Waals surface area (Å²) in [6, 6.07) is 11.3. The predicted octanol–water partition coefficient (Wildman–Crippen LogP) is 3.83. The predicted molar refractivity (Wildman–Crippen MR) is 107 cm³/mol. The maximum absolute atomic E-state index is 12.3. The fraction of sp³-hybridized carbons (Fsp3) is 0.350. The fourth-order valence-electron chi connectivity index (χ4n) is 3.08. The molecule has 144 valence electrons. The third-order valence-electron chi connectivity index (χ3n) is 4.46. The van der Waals surface area contributed by atoms with Crippen molar-refractivity contribution in [2.75, 3.05) is 27.4 Å². The third kappa shape index (κ3) is 4.86. The van der Waals surface area contributed by atoms with E-state index in [4.69, 9.17) is 14.2 Å². The molecule has 0 spiro atoms. The van der Waals surface area contributed by atoms with Crippen molar-refractivity contribution in [1.82, 2.24) is 10.6 Å². The maximum atomic E-state index is 12.3. The molecular formula is C20H23BrN2O4. The summed E-state index contributed by atoms with van der Waals surface area (Å²) in [6.07, 6.45) is 1.44. The van der Waals surface area contributed by atoms with Crippen LogP contribution in [-0.2, 0) is 6.42 Å². The number of hydrogen-bond acceptors (Lipinski definition) is 4. The van der Waals surface area contributed by atoms with Gasteiger partial charge < -0.3 is 24.8 Å². The van der Waals surface area contributed by atoms with Crippen molar-refractivity contribution < 1.29 is 19.0 Å². The van der Waals surface area contributed by atoms with E-state index in [0.29, 0.717) is 31.1 Å². The van der Waals surface area contributed by atoms with Crippen molar-refractivity contribution in [3.8, 4) is 17.2 Å². The molecule has 6 nitrogen and oxygen atoms in total. The summed E-state index contributed by atoms with van der Waals surface area (Å²) in [6.45, 7) is 1.11. The summed E-state index contributed by atoms with van der Waals surface area (Å²) < 4.78 is 17.2. The second-order valence-corrected chi connectivity index (χ2v) is 7.13. The van der Waals surface area contributed by atoms with Gasteiger partial charge in [0.25, 0.3) is 0 Å². The lowest BCUT2D eigenvalue weighted by atomic mass is 10.0. The number of carbonyl (C=O) groups excluding carboxylic acids is 1. The fourth-order valence-corrected chi connectivity index (χ4v) is 3.46. The Morgan fingerprint density at radius 2 is 2.00 bits per heavy atom. The van der Waals surface area contributed by atoms with E-state index in [-0.39, 0.29) is 12.1 Å². The molecule has 0 saturated heterocycles. The zero-order valence-electron chi connectivity index (χ0n) is 15.4. The third-order valence-corrected chi connectivity index (χ3v) is 4.96. The number of rotatable bonds is 6. The molecule has 1 atom stereocenters. The largest absolute Gasteiger partial charge is 0.493 e. The van der Waals surface area contributed by atoms with Crippen molar-refractivity contribution in [2.45, 2.75) is 18.9 Å². The van der Waals surface area contributed by atoms with Crippen molar-refractivity contribution in [3.05, 3.63) is 52.0 Å². The summed E-state index contributed by atoms with van der Waals surface area (Å²) in [4.78, 5) is 12.3. The molecule has 1 heterocycles. The molecular weight excluding hydrogens is 412 g/mol. The van der Waals surface area contributed by atoms with Gasteiger partial charge in [-0.1, -0.05) is 22.0 Å². The monoisotopic (exact) mass is 434 g/mol. The molecule has 0 saturated carbocycles. The van der Waals surface area contributed by atoms with Gasteiger partial charge in [-0.15, -0.1) is 0 Å². The number of benzene rings is 2. The van der Waals surface area contributed by atoms with Crippen LogP contribution in [0.2, 0.25) is 0 Å². The van der Waals surface area contributed by atoms with Crippen LogP contribution in [0.3, 0.4) is 0 Å². The molecule has 1 aliphatic heterocycles. The Balaban J connectivity index is 1.53. The number of ether oxygens (including phenoxy) is 3. The minimum atomic E-state index is -0.187. The van der Waals surface area contributed by atoms with Crippen LogP contribution in [-0.4, -0.2) is 33.4 Å². The van der Waals surface area contributed by atoms with Gasteiger partial charge in [0.05, 0.1) is 26.9 Å². The first-order chi connectivity index (χ1) is 13.1. The molecule has 2 aromatic rings. The first-order valence-electron chi connectivity index (χ1n) is 8.78. The van der Waals surface area contributed by atoms with Gasteiger partial charge >= 0.3 is 6.03 Å². The standard InChI is InChI=1S/C20H23BrN2O4/c1-25-18-5-3-13(11-19(18)26-2)7-9-22-20(24)23-16-8-10-27-17-6-4-14(21)12-15(16)17/h3-6,11-12,16H,7-10H2,1-2H3,(H2,22,23,24). The van der Waals surface area contributed by atoms with Crippen LogP contribution in [0.5, 0.6) is 17.2 Å². The van der Waals surface area contributed by atoms with Gasteiger partial charge in [0.2, 0.25) is 0 Å². The molecule has 0 aliphatic carbocycles. The van der Waals surface area contributed by atoms with E-state index >= 15 is 0 Å². The van der Waals surface area contributed by atoms with Crippen LogP contribution in [0.25, 0.3) is 0 Å². The SMILES string of the molecule is COc1ccc(CCNC(=O)NC2CCOc3ccc(Br)cc32)cc1OC. The van der Waals surface area contributed by atoms with E-state index in [1.165, 1.54) is 0 Å². The lowest BCUT2D eigenvalue weighted by Crippen LogP contribution is -2.40. The summed E-state index contributed by atoms with van der Waals surface area (Å²) in [5.41, 5.74) is 2.05. The Labute approximate surface area is 167 Å². The summed E-state index contributed by atoms with van der Waals surface area (Å²) in [7, 11) is 3.22. The average molecular weight is 435 g/mol. The number of nitrogens with one attached hydrogen (secondary N) is 2. The molecule has 3 rings (SSSR count). The molecule has 1 aliphatic rings. The van der Waals surface area contributed by atoms with Crippen molar-refractivity contribution >= 4 is 22.0 Å². The molecule has 27 heavy (non-hydrogen) atoms. The number of carbonyl (C=O) groups is 1. The summed E-state index contributed by atoms with van der Waals surface area (Å²) >= 11 is 3.47. The number of halogens is 1. The highest BCUT2D eigenvalue weighted by Gasteiger charge is 2.23. The van der Waals surface area contributed by atoms with E-state index in [2.05, 4.69) is 26.6 Å². The normalized spacial score (nSPS) is 15.3. The van der Waals surface area contributed by atoms with E-state index < -0.39 is 0 Å². The summed E-state index contributed by atoms with van der Waals surface area (Å²) in [5, 5.41) is 5.95. The van der Waals surface area contributed by atoms with Gasteiger partial charge in [0.1, 0.15) is 5.75 Å². The minimum absolute atomic E-state index is 0.0627. The lowest BCUT2D eigenvalue weighted by molar-refractivity contribution is 0.223. The van der Waals surface area contributed by atoms with E-state index in [9.17, 15) is 4.79 Å². The van der Waals surface area contributed by atoms with Gasteiger partial charge in [0.15, 0.2) is 11.5 Å². The highest BCUT2D eigenvalue weighted by atomic mass is 79.9. The van der Waals surface area contributed by atoms with Crippen LogP contribution < -0.4 is 24.8 Å². The zero-order valence-corrected chi connectivity index (χ0v) is 17.0. The van der Waals surface area contributed by atoms with Crippen LogP contribution in [0, 0.1) is 0 Å². The molecule has 0 bridgehead atoms. The van der Waals surface area contributed by atoms with Gasteiger partial charge in [0, 0.05) is 23.0 Å². The highest BCUT2D eigenvalue weighted by molar-refractivity contribution is 9.10. The van der Waals surface area contributed by atoms with E-state index in [1.54, 1.807) is 14.2 Å². The van der Waals surface area contributed by atoms with E-state index in [0.717, 1.165) is 27.8 Å². The Kier molecular flexibility index (Phi) is 6.45. The quantitative estimate of drug-likeness (QED) is 0.724. The second kappa shape index (κ2) is 8.99. The topological polar surface area (TPSA) is 68.8 Å². The molecule has 1 unspecified atom stereocenters. The van der Waals surface area contributed by atoms with Crippen LogP contribution in [0.4, 0.5) is 4.79 Å². The molecule has 0 aromatic heterocycles. The lowest BCUT2D eigenvalue weighted by Gasteiger charge is -2.27. The minimum Gasteiger partial charge on any atom is -0.493 e. The first-order valence-corrected chi connectivity index (χ1v) is 9.57.